The lowest BCUT2D eigenvalue weighted by Crippen LogP contribution is -2.25. The Kier molecular flexibility index (Phi) is 4.07. The molecule has 4 heteroatoms. The second-order valence-electron chi connectivity index (χ2n) is 2.76. The zero-order valence-corrected chi connectivity index (χ0v) is 6.94. The minimum absolute atomic E-state index is 0.00931. The van der Waals surface area contributed by atoms with E-state index in [0.29, 0.717) is 0 Å². The average molecular weight is 173 g/mol. The SMILES string of the molecule is OC/C=C\N[C@H]1CC[C@@H](CO)O1. The standard InChI is InChI=1S/C8H15NO3/c10-5-1-4-9-8-3-2-7(6-11)12-8/h1,4,7-11H,2-3,5-6H2/b4-1-/t7-,8+/m0/s1. The Balaban J connectivity index is 2.14. The predicted molar refractivity (Wildman–Crippen MR) is 44.3 cm³/mol. The second kappa shape index (κ2) is 5.13. The van der Waals surface area contributed by atoms with Crippen LogP contribution in [0.4, 0.5) is 0 Å². The van der Waals surface area contributed by atoms with Crippen LogP contribution in [0.3, 0.4) is 0 Å². The van der Waals surface area contributed by atoms with E-state index < -0.39 is 0 Å². The molecule has 1 rings (SSSR count). The maximum atomic E-state index is 8.74. The number of rotatable bonds is 4. The Morgan fingerprint density at radius 1 is 1.42 bits per heavy atom. The maximum absolute atomic E-state index is 8.74. The normalized spacial score (nSPS) is 29.8. The first-order valence-corrected chi connectivity index (χ1v) is 4.15. The van der Waals surface area contributed by atoms with Crippen LogP contribution in [-0.4, -0.2) is 35.8 Å². The van der Waals surface area contributed by atoms with Crippen molar-refractivity contribution in [1.29, 1.82) is 0 Å². The van der Waals surface area contributed by atoms with E-state index in [-0.39, 0.29) is 25.5 Å². The van der Waals surface area contributed by atoms with Crippen LogP contribution in [0.1, 0.15) is 12.8 Å². The third-order valence-corrected chi connectivity index (χ3v) is 1.82. The average Bonchev–Trinajstić information content (AvgIpc) is 2.53. The molecular weight excluding hydrogens is 158 g/mol. The van der Waals surface area contributed by atoms with Gasteiger partial charge >= 0.3 is 0 Å². The first-order valence-electron chi connectivity index (χ1n) is 4.15. The molecule has 70 valence electrons. The van der Waals surface area contributed by atoms with Crippen molar-refractivity contribution in [2.45, 2.75) is 25.2 Å². The second-order valence-corrected chi connectivity index (χ2v) is 2.76. The largest absolute Gasteiger partial charge is 0.394 e. The Labute approximate surface area is 71.9 Å². The smallest absolute Gasteiger partial charge is 0.127 e. The fourth-order valence-electron chi connectivity index (χ4n) is 1.19. The highest BCUT2D eigenvalue weighted by Gasteiger charge is 2.22. The summed E-state index contributed by atoms with van der Waals surface area (Å²) in [5, 5.41) is 20.1. The molecule has 0 aliphatic carbocycles. The molecule has 3 N–H and O–H groups in total. The molecular formula is C8H15NO3. The molecule has 1 aliphatic rings. The molecule has 1 fully saturated rings. The summed E-state index contributed by atoms with van der Waals surface area (Å²) in [6, 6.07) is 0. The summed E-state index contributed by atoms with van der Waals surface area (Å²) in [6.07, 6.45) is 5.04. The van der Waals surface area contributed by atoms with Gasteiger partial charge in [-0.25, -0.2) is 0 Å². The first kappa shape index (κ1) is 9.51. The van der Waals surface area contributed by atoms with E-state index >= 15 is 0 Å². The summed E-state index contributed by atoms with van der Waals surface area (Å²) in [5.41, 5.74) is 0. The van der Waals surface area contributed by atoms with Gasteiger partial charge in [-0.15, -0.1) is 0 Å². The van der Waals surface area contributed by atoms with Crippen LogP contribution in [0.2, 0.25) is 0 Å². The van der Waals surface area contributed by atoms with Gasteiger partial charge in [0, 0.05) is 0 Å². The van der Waals surface area contributed by atoms with Crippen molar-refractivity contribution >= 4 is 0 Å². The molecule has 2 atom stereocenters. The van der Waals surface area contributed by atoms with Crippen LogP contribution in [0.15, 0.2) is 12.3 Å². The third-order valence-electron chi connectivity index (χ3n) is 1.82. The van der Waals surface area contributed by atoms with E-state index in [1.165, 1.54) is 0 Å². The molecule has 0 aromatic heterocycles. The molecule has 0 aromatic carbocycles. The highest BCUT2D eigenvalue weighted by Crippen LogP contribution is 2.16. The quantitative estimate of drug-likeness (QED) is 0.540. The van der Waals surface area contributed by atoms with Crippen molar-refractivity contribution < 1.29 is 14.9 Å². The van der Waals surface area contributed by atoms with Crippen LogP contribution in [0.25, 0.3) is 0 Å². The Morgan fingerprint density at radius 3 is 2.83 bits per heavy atom. The van der Waals surface area contributed by atoms with Gasteiger partial charge in [0.05, 0.1) is 19.3 Å². The molecule has 12 heavy (non-hydrogen) atoms. The zero-order valence-electron chi connectivity index (χ0n) is 6.94. The molecule has 0 bridgehead atoms. The van der Waals surface area contributed by atoms with Gasteiger partial charge < -0.3 is 20.3 Å². The summed E-state index contributed by atoms with van der Waals surface area (Å²) in [7, 11) is 0. The van der Waals surface area contributed by atoms with E-state index in [9.17, 15) is 0 Å². The monoisotopic (exact) mass is 173 g/mol. The van der Waals surface area contributed by atoms with Gasteiger partial charge in [0.2, 0.25) is 0 Å². The van der Waals surface area contributed by atoms with Gasteiger partial charge in [-0.05, 0) is 25.1 Å². The lowest BCUT2D eigenvalue weighted by atomic mass is 10.2. The molecule has 0 unspecified atom stereocenters. The number of hydrogen-bond donors (Lipinski definition) is 3. The molecule has 0 spiro atoms. The molecule has 1 heterocycles. The van der Waals surface area contributed by atoms with Crippen molar-refractivity contribution in [3.05, 3.63) is 12.3 Å². The summed E-state index contributed by atoms with van der Waals surface area (Å²) >= 11 is 0. The van der Waals surface area contributed by atoms with E-state index in [2.05, 4.69) is 5.32 Å². The molecule has 0 radical (unpaired) electrons. The molecule has 0 aromatic rings. The Bertz CT molecular complexity index is 149. The van der Waals surface area contributed by atoms with Gasteiger partial charge in [0.25, 0.3) is 0 Å². The number of hydrogen-bond acceptors (Lipinski definition) is 4. The topological polar surface area (TPSA) is 61.7 Å². The van der Waals surface area contributed by atoms with Crippen LogP contribution >= 0.6 is 0 Å². The Hall–Kier alpha value is -0.580. The van der Waals surface area contributed by atoms with Gasteiger partial charge in [-0.3, -0.25) is 0 Å². The van der Waals surface area contributed by atoms with E-state index in [4.69, 9.17) is 14.9 Å². The van der Waals surface area contributed by atoms with Crippen LogP contribution < -0.4 is 5.32 Å². The van der Waals surface area contributed by atoms with Crippen LogP contribution in [0, 0.1) is 0 Å². The van der Waals surface area contributed by atoms with Crippen molar-refractivity contribution in [2.75, 3.05) is 13.2 Å². The molecule has 4 nitrogen and oxygen atoms in total. The van der Waals surface area contributed by atoms with Gasteiger partial charge in [-0.2, -0.15) is 0 Å². The summed E-state index contributed by atoms with van der Waals surface area (Å²) in [5.74, 6) is 0. The van der Waals surface area contributed by atoms with E-state index in [0.717, 1.165) is 12.8 Å². The minimum atomic E-state index is -0.0231. The van der Waals surface area contributed by atoms with E-state index in [1.54, 1.807) is 12.3 Å². The van der Waals surface area contributed by atoms with Gasteiger partial charge in [-0.1, -0.05) is 0 Å². The summed E-state index contributed by atoms with van der Waals surface area (Å²) < 4.78 is 5.36. The summed E-state index contributed by atoms with van der Waals surface area (Å²) in [4.78, 5) is 0. The molecule has 1 saturated heterocycles. The fourth-order valence-corrected chi connectivity index (χ4v) is 1.19. The number of ether oxygens (including phenoxy) is 1. The predicted octanol–water partition coefficient (Wildman–Crippen LogP) is -0.421. The molecule has 1 aliphatic heterocycles. The van der Waals surface area contributed by atoms with E-state index in [1.807, 2.05) is 0 Å². The van der Waals surface area contributed by atoms with Crippen LogP contribution in [0.5, 0.6) is 0 Å². The highest BCUT2D eigenvalue weighted by atomic mass is 16.5. The van der Waals surface area contributed by atoms with Crippen LogP contribution in [-0.2, 0) is 4.74 Å². The lowest BCUT2D eigenvalue weighted by Gasteiger charge is -2.11. The van der Waals surface area contributed by atoms with Gasteiger partial charge in [0.1, 0.15) is 6.23 Å². The number of aliphatic hydroxyl groups is 2. The molecule has 0 amide bonds. The van der Waals surface area contributed by atoms with Crippen molar-refractivity contribution in [2.24, 2.45) is 0 Å². The Morgan fingerprint density at radius 2 is 2.25 bits per heavy atom. The maximum Gasteiger partial charge on any atom is 0.127 e. The third kappa shape index (κ3) is 2.81. The van der Waals surface area contributed by atoms with Gasteiger partial charge in [0.15, 0.2) is 0 Å². The highest BCUT2D eigenvalue weighted by molar-refractivity contribution is 4.82. The first-order chi connectivity index (χ1) is 5.86. The van der Waals surface area contributed by atoms with Crippen molar-refractivity contribution in [1.82, 2.24) is 5.32 Å². The number of nitrogens with one attached hydrogen (secondary N) is 1. The lowest BCUT2D eigenvalue weighted by molar-refractivity contribution is 0.00312. The molecule has 0 saturated carbocycles. The summed E-state index contributed by atoms with van der Waals surface area (Å²) in [6.45, 7) is 0.116. The number of aliphatic hydroxyl groups excluding tert-OH is 2. The van der Waals surface area contributed by atoms with Crippen molar-refractivity contribution in [3.8, 4) is 0 Å². The zero-order chi connectivity index (χ0) is 8.81. The minimum Gasteiger partial charge on any atom is -0.394 e. The fraction of sp³-hybridized carbons (Fsp3) is 0.750. The van der Waals surface area contributed by atoms with Crippen molar-refractivity contribution in [3.63, 3.8) is 0 Å².